The largest absolute Gasteiger partial charge is 0.505 e. The molecule has 0 unspecified atom stereocenters. The number of carbonyl (C=O) groups is 3. The van der Waals surface area contributed by atoms with E-state index in [9.17, 15) is 29.4 Å². The van der Waals surface area contributed by atoms with Crippen LogP contribution in [0.15, 0.2) is 63.6 Å². The van der Waals surface area contributed by atoms with Gasteiger partial charge in [0.1, 0.15) is 47.5 Å². The number of esters is 1. The molecule has 0 spiro atoms. The zero-order valence-electron chi connectivity index (χ0n) is 40.6. The van der Waals surface area contributed by atoms with E-state index in [0.29, 0.717) is 29.4 Å². The molecule has 1 aromatic heterocycles. The predicted molar refractivity (Wildman–Crippen MR) is 253 cm³/mol. The lowest BCUT2D eigenvalue weighted by molar-refractivity contribution is -0.911. The minimum atomic E-state index is -2.02. The Bertz CT molecular complexity index is 2700. The fourth-order valence-electron chi connectivity index (χ4n) is 8.78. The number of Topliss-reactive ketones (excluding diaryl/α,β-unsaturated/α-hetero) is 1. The first-order chi connectivity index (χ1) is 30.9. The van der Waals surface area contributed by atoms with Crippen LogP contribution in [0.3, 0.4) is 0 Å². The van der Waals surface area contributed by atoms with E-state index >= 15 is 0 Å². The molecule has 3 N–H and O–H groups in total. The number of aliphatic hydroxyl groups excluding tert-OH is 1. The number of nitrogens with zero attached hydrogens (tertiary/aromatic N) is 2. The molecule has 15 nitrogen and oxygen atoms in total. The summed E-state index contributed by atoms with van der Waals surface area (Å²) >= 11 is 0. The smallest absolute Gasteiger partial charge is 0.312 e. The summed E-state index contributed by atoms with van der Waals surface area (Å²) in [7, 11) is 5.73. The number of allylic oxidation sites excluding steroid dienone is 2. The molecule has 0 radical (unpaired) electrons. The Morgan fingerprint density at radius 1 is 0.985 bits per heavy atom. The van der Waals surface area contributed by atoms with Gasteiger partial charge in [0.05, 0.1) is 49.6 Å². The van der Waals surface area contributed by atoms with Crippen LogP contribution in [0.4, 0.5) is 5.69 Å². The van der Waals surface area contributed by atoms with E-state index in [0.717, 1.165) is 0 Å². The first-order valence-electron chi connectivity index (χ1n) is 22.6. The number of amides is 1. The number of likely N-dealkylation sites (N-methyl/N-ethyl adjacent to an activating group) is 1. The molecule has 3 heterocycles. The number of aliphatic hydroxyl groups is 1. The Hall–Kier alpha value is -5.77. The molecule has 2 aliphatic heterocycles. The third-order valence-corrected chi connectivity index (χ3v) is 14.2. The topological polar surface area (TPSA) is 193 Å². The van der Waals surface area contributed by atoms with Crippen molar-refractivity contribution >= 4 is 56.3 Å². The van der Waals surface area contributed by atoms with E-state index < -0.39 is 58.9 Å². The number of nitrogens with one attached hydrogen (secondary N) is 1. The number of phenolic OH excluding ortho intramolecular Hbond substituents is 1. The summed E-state index contributed by atoms with van der Waals surface area (Å²) in [6, 6.07) is 5.46. The average Bonchev–Trinajstić information content (AvgIpc) is 3.53. The number of hydrogen-bond donors (Lipinski definition) is 3. The summed E-state index contributed by atoms with van der Waals surface area (Å²) in [5.74, 6) is -5.59. The number of methoxy groups -OCH3 is 1. The molecule has 15 heteroatoms. The van der Waals surface area contributed by atoms with Crippen molar-refractivity contribution < 1.29 is 57.2 Å². The highest BCUT2D eigenvalue weighted by Gasteiger charge is 2.49. The second kappa shape index (κ2) is 19.2. The van der Waals surface area contributed by atoms with Gasteiger partial charge in [-0.05, 0) is 63.7 Å². The maximum Gasteiger partial charge on any atom is 0.312 e. The molecule has 6 rings (SSSR count). The highest BCUT2D eigenvalue weighted by Crippen LogP contribution is 2.49. The van der Waals surface area contributed by atoms with Crippen molar-refractivity contribution in [3.63, 3.8) is 0 Å². The molecule has 9 atom stereocenters. The van der Waals surface area contributed by atoms with Crippen LogP contribution in [0, 0.1) is 36.5 Å². The number of rotatable bonds is 7. The summed E-state index contributed by atoms with van der Waals surface area (Å²) < 4.78 is 37.8. The minimum absolute atomic E-state index is 0.00900. The SMILES string of the molecule is CO[C@H]1/C=C/O[C@@]2(C)Oc3c(C)c(=O)c4c(O)c(c5oc6cccc(OCC[N+](C)(C)C(C)C)c6nc5c4c3C2=O)NC(=O)/C(C)=C\C=C\[C@H](C)[C@H](O)[C@@H](C)[C@@H](C)[C@@H](C)[C@H](OC(C)=O)[C@@H]1C. The lowest BCUT2D eigenvalue weighted by Gasteiger charge is -2.39. The molecule has 0 saturated heterocycles. The van der Waals surface area contributed by atoms with Gasteiger partial charge in [-0.25, -0.2) is 4.98 Å². The summed E-state index contributed by atoms with van der Waals surface area (Å²) in [5.41, 5.74) is -0.386. The number of aromatic hydroxyl groups is 1. The van der Waals surface area contributed by atoms with Crippen LogP contribution in [0.5, 0.6) is 17.2 Å². The van der Waals surface area contributed by atoms with Crippen molar-refractivity contribution in [2.45, 2.75) is 106 Å². The summed E-state index contributed by atoms with van der Waals surface area (Å²) in [5, 5.41) is 26.1. The van der Waals surface area contributed by atoms with Crippen LogP contribution in [0.2, 0.25) is 0 Å². The number of benzene rings is 3. The number of ether oxygens (including phenoxy) is 5. The quantitative estimate of drug-likeness (QED) is 0.0530. The van der Waals surface area contributed by atoms with Crippen molar-refractivity contribution in [2.24, 2.45) is 29.6 Å². The van der Waals surface area contributed by atoms with Crippen LogP contribution in [-0.4, -0.2) is 102 Å². The molecule has 4 aromatic rings. The second-order valence-corrected chi connectivity index (χ2v) is 19.1. The number of fused-ring (bicyclic) bond motifs is 2. The third-order valence-electron chi connectivity index (χ3n) is 14.2. The molecule has 0 saturated carbocycles. The molecule has 0 aliphatic carbocycles. The van der Waals surface area contributed by atoms with Crippen LogP contribution in [0.1, 0.15) is 85.2 Å². The van der Waals surface area contributed by atoms with Crippen molar-refractivity contribution in [1.29, 1.82) is 0 Å². The van der Waals surface area contributed by atoms with E-state index in [1.165, 1.54) is 34.1 Å². The number of para-hydroxylation sites is 1. The third kappa shape index (κ3) is 9.30. The van der Waals surface area contributed by atoms with Gasteiger partial charge in [0.25, 0.3) is 11.7 Å². The zero-order chi connectivity index (χ0) is 48.7. The number of ketones is 1. The first kappa shape index (κ1) is 49.7. The highest BCUT2D eigenvalue weighted by atomic mass is 16.7. The Balaban J connectivity index is 1.59. The number of phenols is 1. The van der Waals surface area contributed by atoms with Crippen molar-refractivity contribution in [3.05, 3.63) is 75.7 Å². The summed E-state index contributed by atoms with van der Waals surface area (Å²) in [4.78, 5) is 60.9. The number of quaternary nitrogens is 1. The van der Waals surface area contributed by atoms with Gasteiger partial charge in [-0.3, -0.25) is 19.2 Å². The molecule has 66 heavy (non-hydrogen) atoms. The van der Waals surface area contributed by atoms with Crippen molar-refractivity contribution in [2.75, 3.05) is 39.7 Å². The lowest BCUT2D eigenvalue weighted by Crippen LogP contribution is -2.48. The predicted octanol–water partition coefficient (Wildman–Crippen LogP) is 8.14. The number of hydrogen-bond acceptors (Lipinski definition) is 13. The molecule has 3 aromatic carbocycles. The standard InChI is InChI=1S/C51H65N3O12/c1-25(2)54(12,13)22-24-62-35-19-16-20-36-40(35)52-41-37-38-44(57)32(9)47-39(37)49(59)51(11,66-47)63-23-21-34(61-14)31(8)46(64-33(10)55)30(7)28(5)29(6)43(56)26(3)17-15-18-27(4)50(60)53-42(45(38)58)48(41)65-36/h15-21,23,25-26,28-31,34,43,46,56H,22,24H2,1-14H3,(H-,52,53,57,58,59,60)/p+1/b17-15+,23-21+,27-18-/t26-,28+,29-,30+,31+,34-,43-,46-,51-/m0/s1. The molecule has 0 fully saturated rings. The zero-order valence-corrected chi connectivity index (χ0v) is 40.6. The van der Waals surface area contributed by atoms with Gasteiger partial charge in [0, 0.05) is 49.3 Å². The number of anilines is 1. The second-order valence-electron chi connectivity index (χ2n) is 19.1. The van der Waals surface area contributed by atoms with E-state index in [-0.39, 0.29) is 84.8 Å². The van der Waals surface area contributed by atoms with Gasteiger partial charge < -0.3 is 48.1 Å². The average molecular weight is 913 g/mol. The molecular weight excluding hydrogens is 847 g/mol. The van der Waals surface area contributed by atoms with E-state index in [1.54, 1.807) is 49.4 Å². The van der Waals surface area contributed by atoms with Gasteiger partial charge >= 0.3 is 11.8 Å². The van der Waals surface area contributed by atoms with Gasteiger partial charge in [-0.2, -0.15) is 0 Å². The van der Waals surface area contributed by atoms with Crippen LogP contribution >= 0.6 is 0 Å². The van der Waals surface area contributed by atoms with Crippen molar-refractivity contribution in [3.8, 4) is 17.2 Å². The molecule has 356 valence electrons. The van der Waals surface area contributed by atoms with Crippen LogP contribution in [-0.2, 0) is 23.8 Å². The molecule has 4 bridgehead atoms. The summed E-state index contributed by atoms with van der Waals surface area (Å²) in [6.45, 7) is 20.8. The normalized spacial score (nSPS) is 28.5. The Morgan fingerprint density at radius 2 is 1.68 bits per heavy atom. The van der Waals surface area contributed by atoms with Gasteiger partial charge in [-0.1, -0.05) is 58.9 Å². The Labute approximate surface area is 386 Å². The Kier molecular flexibility index (Phi) is 14.5. The van der Waals surface area contributed by atoms with E-state index in [2.05, 4.69) is 33.3 Å². The van der Waals surface area contributed by atoms with E-state index in [1.807, 2.05) is 34.6 Å². The summed E-state index contributed by atoms with van der Waals surface area (Å²) in [6.07, 6.45) is 5.76. The van der Waals surface area contributed by atoms with Gasteiger partial charge in [0.2, 0.25) is 0 Å². The maximum atomic E-state index is 14.9. The van der Waals surface area contributed by atoms with Crippen LogP contribution < -0.4 is 20.2 Å². The molecule has 2 aliphatic rings. The minimum Gasteiger partial charge on any atom is -0.505 e. The van der Waals surface area contributed by atoms with Crippen molar-refractivity contribution in [1.82, 2.24) is 4.98 Å². The van der Waals surface area contributed by atoms with Crippen LogP contribution in [0.25, 0.3) is 33.0 Å². The van der Waals surface area contributed by atoms with E-state index in [4.69, 9.17) is 33.1 Å². The number of carbonyl (C=O) groups excluding carboxylic acids is 3. The fourth-order valence-corrected chi connectivity index (χ4v) is 8.78. The maximum absolute atomic E-state index is 14.9. The van der Waals surface area contributed by atoms with Gasteiger partial charge in [-0.15, -0.1) is 0 Å². The Morgan fingerprint density at radius 3 is 2.33 bits per heavy atom. The highest BCUT2D eigenvalue weighted by molar-refractivity contribution is 6.26. The molecule has 1 amide bonds. The fraction of sp³-hybridized carbons (Fsp3) is 0.510. The monoisotopic (exact) mass is 912 g/mol. The molecular formula is C51H66N3O12+. The number of aromatic nitrogens is 1. The lowest BCUT2D eigenvalue weighted by atomic mass is 9.73. The van der Waals surface area contributed by atoms with Gasteiger partial charge in [0.15, 0.2) is 22.3 Å². The first-order valence-corrected chi connectivity index (χ1v) is 22.6.